The molecule has 5 nitrogen and oxygen atoms in total. The standard InChI is InChI=1S/C16H20N2O3/c1-17-16(12-7-13(19-2)10-18-9-12)11-5-6-14(20-3)15(8-11)21-4/h5-10,16-17H,1-4H3. The molecule has 0 aliphatic carbocycles. The molecule has 2 rings (SSSR count). The smallest absolute Gasteiger partial charge is 0.161 e. The third kappa shape index (κ3) is 3.25. The summed E-state index contributed by atoms with van der Waals surface area (Å²) < 4.78 is 15.9. The normalized spacial score (nSPS) is 11.8. The highest BCUT2D eigenvalue weighted by Gasteiger charge is 2.15. The third-order valence-corrected chi connectivity index (χ3v) is 3.33. The van der Waals surface area contributed by atoms with Crippen molar-refractivity contribution < 1.29 is 14.2 Å². The lowest BCUT2D eigenvalue weighted by molar-refractivity contribution is 0.354. The first kappa shape index (κ1) is 15.1. The van der Waals surface area contributed by atoms with Crippen LogP contribution in [-0.4, -0.2) is 33.4 Å². The number of nitrogens with one attached hydrogen (secondary N) is 1. The number of pyridine rings is 1. The molecule has 0 fully saturated rings. The largest absolute Gasteiger partial charge is 0.495 e. The molecular formula is C16H20N2O3. The van der Waals surface area contributed by atoms with Crippen molar-refractivity contribution in [3.63, 3.8) is 0 Å². The molecule has 1 unspecified atom stereocenters. The fourth-order valence-corrected chi connectivity index (χ4v) is 2.26. The summed E-state index contributed by atoms with van der Waals surface area (Å²) in [6, 6.07) is 7.81. The Bertz CT molecular complexity index is 602. The van der Waals surface area contributed by atoms with Crippen LogP contribution in [0.1, 0.15) is 17.2 Å². The summed E-state index contributed by atoms with van der Waals surface area (Å²) in [5.41, 5.74) is 2.08. The molecule has 1 aromatic carbocycles. The molecule has 0 amide bonds. The fraction of sp³-hybridized carbons (Fsp3) is 0.312. The van der Waals surface area contributed by atoms with Gasteiger partial charge in [-0.15, -0.1) is 0 Å². The molecule has 0 radical (unpaired) electrons. The molecule has 0 spiro atoms. The van der Waals surface area contributed by atoms with Crippen molar-refractivity contribution in [1.29, 1.82) is 0 Å². The lowest BCUT2D eigenvalue weighted by Gasteiger charge is -2.19. The quantitative estimate of drug-likeness (QED) is 0.884. The molecule has 1 heterocycles. The minimum Gasteiger partial charge on any atom is -0.495 e. The SMILES string of the molecule is CNC(c1cncc(OC)c1)c1ccc(OC)c(OC)c1. The molecule has 0 aliphatic heterocycles. The minimum absolute atomic E-state index is 0.00703. The van der Waals surface area contributed by atoms with Gasteiger partial charge in [0.15, 0.2) is 11.5 Å². The van der Waals surface area contributed by atoms with E-state index in [1.165, 1.54) is 0 Å². The van der Waals surface area contributed by atoms with E-state index < -0.39 is 0 Å². The number of methoxy groups -OCH3 is 3. The average molecular weight is 288 g/mol. The predicted molar refractivity (Wildman–Crippen MR) is 81.2 cm³/mol. The van der Waals surface area contributed by atoms with Crippen LogP contribution in [0.15, 0.2) is 36.7 Å². The van der Waals surface area contributed by atoms with Crippen molar-refractivity contribution in [2.24, 2.45) is 0 Å². The van der Waals surface area contributed by atoms with Gasteiger partial charge in [-0.25, -0.2) is 0 Å². The van der Waals surface area contributed by atoms with Crippen LogP contribution in [0.25, 0.3) is 0 Å². The van der Waals surface area contributed by atoms with Crippen LogP contribution in [0.3, 0.4) is 0 Å². The zero-order valence-corrected chi connectivity index (χ0v) is 12.7. The maximum absolute atomic E-state index is 5.36. The van der Waals surface area contributed by atoms with Gasteiger partial charge in [-0.05, 0) is 36.4 Å². The van der Waals surface area contributed by atoms with Gasteiger partial charge in [0.1, 0.15) is 5.75 Å². The van der Waals surface area contributed by atoms with Gasteiger partial charge < -0.3 is 19.5 Å². The van der Waals surface area contributed by atoms with Gasteiger partial charge in [-0.2, -0.15) is 0 Å². The lowest BCUT2D eigenvalue weighted by atomic mass is 9.99. The number of hydrogen-bond donors (Lipinski definition) is 1. The van der Waals surface area contributed by atoms with Gasteiger partial charge in [-0.1, -0.05) is 6.07 Å². The van der Waals surface area contributed by atoms with E-state index in [4.69, 9.17) is 14.2 Å². The van der Waals surface area contributed by atoms with Gasteiger partial charge >= 0.3 is 0 Å². The Kier molecular flexibility index (Phi) is 5.00. The van der Waals surface area contributed by atoms with E-state index in [0.717, 1.165) is 16.9 Å². The van der Waals surface area contributed by atoms with Crippen molar-refractivity contribution in [1.82, 2.24) is 10.3 Å². The highest BCUT2D eigenvalue weighted by atomic mass is 16.5. The maximum atomic E-state index is 5.36. The number of aromatic nitrogens is 1. The minimum atomic E-state index is -0.00703. The predicted octanol–water partition coefficient (Wildman–Crippen LogP) is 2.42. The number of ether oxygens (including phenoxy) is 3. The number of hydrogen-bond acceptors (Lipinski definition) is 5. The molecular weight excluding hydrogens is 268 g/mol. The van der Waals surface area contributed by atoms with Gasteiger partial charge in [0, 0.05) is 6.20 Å². The fourth-order valence-electron chi connectivity index (χ4n) is 2.26. The Balaban J connectivity index is 2.40. The summed E-state index contributed by atoms with van der Waals surface area (Å²) in [7, 11) is 6.79. The molecule has 0 saturated heterocycles. The molecule has 0 aliphatic rings. The topological polar surface area (TPSA) is 52.6 Å². The van der Waals surface area contributed by atoms with Crippen LogP contribution in [0.4, 0.5) is 0 Å². The molecule has 2 aromatic rings. The molecule has 112 valence electrons. The molecule has 5 heteroatoms. The summed E-state index contributed by atoms with van der Waals surface area (Å²) in [4.78, 5) is 4.21. The first-order valence-electron chi connectivity index (χ1n) is 6.61. The third-order valence-electron chi connectivity index (χ3n) is 3.33. The van der Waals surface area contributed by atoms with Crippen molar-refractivity contribution in [3.05, 3.63) is 47.8 Å². The number of benzene rings is 1. The van der Waals surface area contributed by atoms with Crippen molar-refractivity contribution in [3.8, 4) is 17.2 Å². The zero-order chi connectivity index (χ0) is 15.2. The Morgan fingerprint density at radius 3 is 2.29 bits per heavy atom. The van der Waals surface area contributed by atoms with Crippen LogP contribution in [0, 0.1) is 0 Å². The van der Waals surface area contributed by atoms with E-state index in [2.05, 4.69) is 10.3 Å². The van der Waals surface area contributed by atoms with Gasteiger partial charge in [-0.3, -0.25) is 4.98 Å². The first-order valence-corrected chi connectivity index (χ1v) is 6.61. The summed E-state index contributed by atoms with van der Waals surface area (Å²) in [5, 5.41) is 3.28. The second-order valence-corrected chi connectivity index (χ2v) is 4.49. The van der Waals surface area contributed by atoms with Crippen LogP contribution >= 0.6 is 0 Å². The maximum Gasteiger partial charge on any atom is 0.161 e. The second-order valence-electron chi connectivity index (χ2n) is 4.49. The molecule has 1 N–H and O–H groups in total. The van der Waals surface area contributed by atoms with E-state index in [1.807, 2.05) is 37.5 Å². The van der Waals surface area contributed by atoms with E-state index in [-0.39, 0.29) is 6.04 Å². The summed E-state index contributed by atoms with van der Waals surface area (Å²) >= 11 is 0. The monoisotopic (exact) mass is 288 g/mol. The van der Waals surface area contributed by atoms with E-state index in [0.29, 0.717) is 11.5 Å². The van der Waals surface area contributed by atoms with Crippen LogP contribution in [-0.2, 0) is 0 Å². The van der Waals surface area contributed by atoms with E-state index in [1.54, 1.807) is 27.5 Å². The number of nitrogens with zero attached hydrogens (tertiary/aromatic N) is 1. The summed E-state index contributed by atoms with van der Waals surface area (Å²) in [6.45, 7) is 0. The number of rotatable bonds is 6. The van der Waals surface area contributed by atoms with Crippen LogP contribution < -0.4 is 19.5 Å². The van der Waals surface area contributed by atoms with Gasteiger partial charge in [0.05, 0.1) is 33.6 Å². The zero-order valence-electron chi connectivity index (χ0n) is 12.7. The Morgan fingerprint density at radius 2 is 1.67 bits per heavy atom. The van der Waals surface area contributed by atoms with E-state index >= 15 is 0 Å². The molecule has 1 atom stereocenters. The van der Waals surface area contributed by atoms with Crippen molar-refractivity contribution in [2.75, 3.05) is 28.4 Å². The van der Waals surface area contributed by atoms with Gasteiger partial charge in [0.2, 0.25) is 0 Å². The molecule has 0 bridgehead atoms. The van der Waals surface area contributed by atoms with Crippen LogP contribution in [0.2, 0.25) is 0 Å². The van der Waals surface area contributed by atoms with E-state index in [9.17, 15) is 0 Å². The molecule has 1 aromatic heterocycles. The van der Waals surface area contributed by atoms with Gasteiger partial charge in [0.25, 0.3) is 0 Å². The van der Waals surface area contributed by atoms with Crippen LogP contribution in [0.5, 0.6) is 17.2 Å². The second kappa shape index (κ2) is 6.95. The Labute approximate surface area is 124 Å². The highest BCUT2D eigenvalue weighted by molar-refractivity contribution is 5.46. The lowest BCUT2D eigenvalue weighted by Crippen LogP contribution is -2.18. The Morgan fingerprint density at radius 1 is 0.905 bits per heavy atom. The van der Waals surface area contributed by atoms with Crippen molar-refractivity contribution >= 4 is 0 Å². The molecule has 21 heavy (non-hydrogen) atoms. The Hall–Kier alpha value is -2.27. The first-order chi connectivity index (χ1) is 10.2. The van der Waals surface area contributed by atoms with Crippen molar-refractivity contribution in [2.45, 2.75) is 6.04 Å². The summed E-state index contributed by atoms with van der Waals surface area (Å²) in [6.07, 6.45) is 3.51. The summed E-state index contributed by atoms with van der Waals surface area (Å²) in [5.74, 6) is 2.14. The average Bonchev–Trinajstić information content (AvgIpc) is 2.55. The molecule has 0 saturated carbocycles. The highest BCUT2D eigenvalue weighted by Crippen LogP contribution is 2.32.